The summed E-state index contributed by atoms with van der Waals surface area (Å²) in [4.78, 5) is 16.5. The van der Waals surface area contributed by atoms with E-state index in [2.05, 4.69) is 22.0 Å². The fourth-order valence-corrected chi connectivity index (χ4v) is 2.05. The SMILES string of the molecule is C=CCNc1c(C(=O)OCC)cnc2cn(C(C)(C)OC)nc12. The molecular weight excluding hydrogens is 296 g/mol. The molecule has 0 atom stereocenters. The van der Waals surface area contributed by atoms with Gasteiger partial charge in [-0.05, 0) is 20.8 Å². The van der Waals surface area contributed by atoms with Crippen LogP contribution in [0, 0.1) is 0 Å². The highest BCUT2D eigenvalue weighted by Gasteiger charge is 2.24. The second-order valence-electron chi connectivity index (χ2n) is 5.40. The molecule has 2 heterocycles. The molecule has 7 heteroatoms. The molecule has 0 aliphatic heterocycles. The molecule has 2 rings (SSSR count). The molecule has 0 spiro atoms. The van der Waals surface area contributed by atoms with Crippen molar-refractivity contribution in [3.63, 3.8) is 0 Å². The number of methoxy groups -OCH3 is 1. The molecule has 0 unspecified atom stereocenters. The van der Waals surface area contributed by atoms with Crippen LogP contribution in [0.15, 0.2) is 25.0 Å². The smallest absolute Gasteiger partial charge is 0.341 e. The summed E-state index contributed by atoms with van der Waals surface area (Å²) < 4.78 is 12.2. The topological polar surface area (TPSA) is 78.3 Å². The van der Waals surface area contributed by atoms with Gasteiger partial charge in [0.05, 0.1) is 18.5 Å². The van der Waals surface area contributed by atoms with Crippen LogP contribution in [-0.4, -0.2) is 41.0 Å². The summed E-state index contributed by atoms with van der Waals surface area (Å²) in [5.41, 5.74) is 1.55. The zero-order valence-corrected chi connectivity index (χ0v) is 13.9. The molecule has 0 aliphatic rings. The summed E-state index contributed by atoms with van der Waals surface area (Å²) in [5, 5.41) is 7.69. The molecule has 23 heavy (non-hydrogen) atoms. The van der Waals surface area contributed by atoms with E-state index in [-0.39, 0.29) is 0 Å². The van der Waals surface area contributed by atoms with E-state index < -0.39 is 11.7 Å². The molecule has 0 aromatic carbocycles. The van der Waals surface area contributed by atoms with Crippen molar-refractivity contribution in [2.75, 3.05) is 25.6 Å². The highest BCUT2D eigenvalue weighted by Crippen LogP contribution is 2.27. The molecule has 0 bridgehead atoms. The molecule has 0 radical (unpaired) electrons. The second-order valence-corrected chi connectivity index (χ2v) is 5.40. The Kier molecular flexibility index (Phi) is 5.00. The lowest BCUT2D eigenvalue weighted by molar-refractivity contribution is -0.0543. The predicted molar refractivity (Wildman–Crippen MR) is 88.5 cm³/mol. The van der Waals surface area contributed by atoms with Crippen LogP contribution in [0.1, 0.15) is 31.1 Å². The first-order valence-corrected chi connectivity index (χ1v) is 7.40. The number of nitrogens with zero attached hydrogens (tertiary/aromatic N) is 3. The highest BCUT2D eigenvalue weighted by molar-refractivity contribution is 6.03. The van der Waals surface area contributed by atoms with Gasteiger partial charge in [-0.2, -0.15) is 5.10 Å². The van der Waals surface area contributed by atoms with Gasteiger partial charge in [0, 0.05) is 19.9 Å². The number of carbonyl (C=O) groups is 1. The van der Waals surface area contributed by atoms with Gasteiger partial charge in [0.2, 0.25) is 0 Å². The minimum Gasteiger partial charge on any atom is -0.462 e. The Labute approximate surface area is 135 Å². The van der Waals surface area contributed by atoms with Gasteiger partial charge in [0.25, 0.3) is 0 Å². The number of pyridine rings is 1. The molecule has 124 valence electrons. The van der Waals surface area contributed by atoms with Crippen LogP contribution in [0.5, 0.6) is 0 Å². The first-order valence-electron chi connectivity index (χ1n) is 7.40. The maximum Gasteiger partial charge on any atom is 0.341 e. The van der Waals surface area contributed by atoms with Crippen molar-refractivity contribution in [2.45, 2.75) is 26.5 Å². The number of nitrogens with one attached hydrogen (secondary N) is 1. The molecule has 0 saturated heterocycles. The van der Waals surface area contributed by atoms with E-state index in [0.29, 0.717) is 35.4 Å². The van der Waals surface area contributed by atoms with Crippen LogP contribution < -0.4 is 5.32 Å². The van der Waals surface area contributed by atoms with Gasteiger partial charge in [0.15, 0.2) is 5.72 Å². The molecule has 2 aromatic heterocycles. The van der Waals surface area contributed by atoms with Crippen molar-refractivity contribution in [3.05, 3.63) is 30.6 Å². The van der Waals surface area contributed by atoms with Crippen LogP contribution in [0.3, 0.4) is 0 Å². The number of aromatic nitrogens is 3. The third kappa shape index (κ3) is 3.34. The Morgan fingerprint density at radius 3 is 2.87 bits per heavy atom. The van der Waals surface area contributed by atoms with Crippen LogP contribution in [0.2, 0.25) is 0 Å². The number of anilines is 1. The number of hydrogen-bond donors (Lipinski definition) is 1. The molecule has 0 fully saturated rings. The van der Waals surface area contributed by atoms with Crippen molar-refractivity contribution < 1.29 is 14.3 Å². The van der Waals surface area contributed by atoms with E-state index in [1.165, 1.54) is 6.20 Å². The predicted octanol–water partition coefficient (Wildman–Crippen LogP) is 2.54. The van der Waals surface area contributed by atoms with E-state index in [0.717, 1.165) is 0 Å². The summed E-state index contributed by atoms with van der Waals surface area (Å²) >= 11 is 0. The Balaban J connectivity index is 2.60. The molecule has 0 aliphatic carbocycles. The maximum atomic E-state index is 12.1. The lowest BCUT2D eigenvalue weighted by atomic mass is 10.2. The normalized spacial score (nSPS) is 11.5. The van der Waals surface area contributed by atoms with E-state index in [1.54, 1.807) is 31.0 Å². The minimum atomic E-state index is -0.625. The van der Waals surface area contributed by atoms with E-state index in [1.807, 2.05) is 13.8 Å². The van der Waals surface area contributed by atoms with Gasteiger partial charge < -0.3 is 14.8 Å². The molecule has 1 N–H and O–H groups in total. The van der Waals surface area contributed by atoms with Crippen molar-refractivity contribution in [1.29, 1.82) is 0 Å². The van der Waals surface area contributed by atoms with Gasteiger partial charge in [-0.25, -0.2) is 9.48 Å². The Morgan fingerprint density at radius 1 is 1.52 bits per heavy atom. The second kappa shape index (κ2) is 6.78. The fourth-order valence-electron chi connectivity index (χ4n) is 2.05. The van der Waals surface area contributed by atoms with Crippen LogP contribution in [0.4, 0.5) is 5.69 Å². The number of ether oxygens (including phenoxy) is 2. The monoisotopic (exact) mass is 318 g/mol. The summed E-state index contributed by atoms with van der Waals surface area (Å²) in [7, 11) is 1.61. The number of rotatable bonds is 7. The average molecular weight is 318 g/mol. The third-order valence-electron chi connectivity index (χ3n) is 3.50. The van der Waals surface area contributed by atoms with E-state index in [9.17, 15) is 4.79 Å². The van der Waals surface area contributed by atoms with E-state index >= 15 is 0 Å². The number of carbonyl (C=O) groups excluding carboxylic acids is 1. The lowest BCUT2D eigenvalue weighted by Gasteiger charge is -2.23. The molecule has 0 saturated carbocycles. The summed E-state index contributed by atoms with van der Waals surface area (Å²) in [5.74, 6) is -0.436. The zero-order chi connectivity index (χ0) is 17.0. The number of hydrogen-bond acceptors (Lipinski definition) is 6. The third-order valence-corrected chi connectivity index (χ3v) is 3.50. The van der Waals surface area contributed by atoms with Crippen LogP contribution in [-0.2, 0) is 15.2 Å². The standard InChI is InChI=1S/C16H22N4O3/c1-6-8-17-13-11(15(21)23-7-2)9-18-12-10-20(19-14(12)13)16(3,4)22-5/h6,9-10,17H,1,7-8H2,2-5H3. The minimum absolute atomic E-state index is 0.295. The Hall–Kier alpha value is -2.41. The Morgan fingerprint density at radius 2 is 2.26 bits per heavy atom. The quantitative estimate of drug-likeness (QED) is 0.624. The van der Waals surface area contributed by atoms with Crippen molar-refractivity contribution in [2.24, 2.45) is 0 Å². The van der Waals surface area contributed by atoms with Gasteiger partial charge >= 0.3 is 5.97 Å². The molecule has 7 nitrogen and oxygen atoms in total. The molecule has 0 amide bonds. The van der Waals surface area contributed by atoms with Crippen LogP contribution >= 0.6 is 0 Å². The van der Waals surface area contributed by atoms with Gasteiger partial charge in [-0.3, -0.25) is 4.98 Å². The van der Waals surface area contributed by atoms with Gasteiger partial charge in [-0.15, -0.1) is 6.58 Å². The van der Waals surface area contributed by atoms with E-state index in [4.69, 9.17) is 9.47 Å². The van der Waals surface area contributed by atoms with Crippen LogP contribution in [0.25, 0.3) is 11.0 Å². The zero-order valence-electron chi connectivity index (χ0n) is 13.9. The summed E-state index contributed by atoms with van der Waals surface area (Å²) in [6.07, 6.45) is 4.99. The van der Waals surface area contributed by atoms with Gasteiger partial charge in [-0.1, -0.05) is 6.08 Å². The van der Waals surface area contributed by atoms with Crippen molar-refractivity contribution in [1.82, 2.24) is 14.8 Å². The van der Waals surface area contributed by atoms with Crippen molar-refractivity contribution in [3.8, 4) is 0 Å². The first kappa shape index (κ1) is 17.0. The number of fused-ring (bicyclic) bond motifs is 1. The number of esters is 1. The molecular formula is C16H22N4O3. The van der Waals surface area contributed by atoms with Crippen molar-refractivity contribution >= 4 is 22.7 Å². The maximum absolute atomic E-state index is 12.1. The Bertz CT molecular complexity index is 721. The summed E-state index contributed by atoms with van der Waals surface area (Å²) in [6, 6.07) is 0. The average Bonchev–Trinajstić information content (AvgIpc) is 2.97. The largest absolute Gasteiger partial charge is 0.462 e. The first-order chi connectivity index (χ1) is 10.9. The highest BCUT2D eigenvalue weighted by atomic mass is 16.5. The fraction of sp³-hybridized carbons (Fsp3) is 0.438. The summed E-state index contributed by atoms with van der Waals surface area (Å²) in [6.45, 7) is 10.0. The lowest BCUT2D eigenvalue weighted by Crippen LogP contribution is -2.28. The molecule has 2 aromatic rings. The van der Waals surface area contributed by atoms with Gasteiger partial charge in [0.1, 0.15) is 16.6 Å².